The first-order chi connectivity index (χ1) is 8.20. The number of pyridine rings is 1. The third kappa shape index (κ3) is 4.28. The van der Waals surface area contributed by atoms with Gasteiger partial charge in [0.2, 0.25) is 0 Å². The summed E-state index contributed by atoms with van der Waals surface area (Å²) in [5.41, 5.74) is 0.527. The third-order valence-corrected chi connectivity index (χ3v) is 3.08. The summed E-state index contributed by atoms with van der Waals surface area (Å²) in [6.45, 7) is 3.56. The summed E-state index contributed by atoms with van der Waals surface area (Å²) >= 11 is 9.34. The molecule has 0 aliphatic carbocycles. The number of hydrogen-bond acceptors (Lipinski definition) is 2. The minimum Gasteiger partial charge on any atom is -0.338 e. The van der Waals surface area contributed by atoms with Crippen LogP contribution in [0.1, 0.15) is 30.1 Å². The highest BCUT2D eigenvalue weighted by atomic mass is 79.9. The maximum absolute atomic E-state index is 12.3. The first kappa shape index (κ1) is 14.5. The van der Waals surface area contributed by atoms with Gasteiger partial charge in [-0.05, 0) is 12.5 Å². The van der Waals surface area contributed by atoms with Gasteiger partial charge in [0.25, 0.3) is 5.91 Å². The number of carbonyl (C=O) groups excluding carboxylic acids is 1. The molecule has 94 valence electrons. The summed E-state index contributed by atoms with van der Waals surface area (Å²) in [4.78, 5) is 18.0. The fourth-order valence-electron chi connectivity index (χ4n) is 1.48. The molecule has 17 heavy (non-hydrogen) atoms. The Morgan fingerprint density at radius 2 is 2.29 bits per heavy atom. The van der Waals surface area contributed by atoms with Crippen molar-refractivity contribution in [3.8, 4) is 0 Å². The average Bonchev–Trinajstić information content (AvgIpc) is 2.34. The van der Waals surface area contributed by atoms with Gasteiger partial charge in [0.15, 0.2) is 0 Å². The Hall–Kier alpha value is -0.610. The monoisotopic (exact) mass is 318 g/mol. The highest BCUT2D eigenvalue weighted by molar-refractivity contribution is 9.09. The zero-order valence-electron chi connectivity index (χ0n) is 9.83. The van der Waals surface area contributed by atoms with E-state index in [9.17, 15) is 4.79 Å². The lowest BCUT2D eigenvalue weighted by Crippen LogP contribution is -2.33. The van der Waals surface area contributed by atoms with E-state index < -0.39 is 0 Å². The zero-order chi connectivity index (χ0) is 12.7. The van der Waals surface area contributed by atoms with E-state index in [0.717, 1.165) is 24.7 Å². The molecule has 1 heterocycles. The van der Waals surface area contributed by atoms with Gasteiger partial charge in [-0.2, -0.15) is 0 Å². The Morgan fingerprint density at radius 3 is 2.88 bits per heavy atom. The van der Waals surface area contributed by atoms with Crippen molar-refractivity contribution >= 4 is 33.4 Å². The van der Waals surface area contributed by atoms with Gasteiger partial charge in [-0.1, -0.05) is 40.9 Å². The number of unbranched alkanes of at least 4 members (excludes halogenated alkanes) is 1. The molecular formula is C12H16BrClN2O. The molecule has 0 saturated carbocycles. The lowest BCUT2D eigenvalue weighted by atomic mass is 10.2. The van der Waals surface area contributed by atoms with E-state index in [4.69, 9.17) is 11.6 Å². The summed E-state index contributed by atoms with van der Waals surface area (Å²) in [6, 6.07) is 1.66. The van der Waals surface area contributed by atoms with Gasteiger partial charge in [-0.25, -0.2) is 0 Å². The third-order valence-electron chi connectivity index (χ3n) is 2.43. The minimum absolute atomic E-state index is 0.0229. The van der Waals surface area contributed by atoms with E-state index >= 15 is 0 Å². The van der Waals surface area contributed by atoms with Crippen molar-refractivity contribution in [3.05, 3.63) is 29.0 Å². The van der Waals surface area contributed by atoms with Crippen molar-refractivity contribution in [1.29, 1.82) is 0 Å². The van der Waals surface area contributed by atoms with Crippen LogP contribution in [0.2, 0.25) is 5.02 Å². The van der Waals surface area contributed by atoms with E-state index in [1.165, 1.54) is 6.20 Å². The summed E-state index contributed by atoms with van der Waals surface area (Å²) in [7, 11) is 0. The van der Waals surface area contributed by atoms with Crippen LogP contribution in [-0.2, 0) is 0 Å². The van der Waals surface area contributed by atoms with Crippen molar-refractivity contribution in [1.82, 2.24) is 9.88 Å². The number of halogens is 2. The lowest BCUT2D eigenvalue weighted by Gasteiger charge is -2.21. The topological polar surface area (TPSA) is 33.2 Å². The molecule has 0 spiro atoms. The van der Waals surface area contributed by atoms with Gasteiger partial charge in [-0.3, -0.25) is 9.78 Å². The van der Waals surface area contributed by atoms with Crippen LogP contribution in [0.3, 0.4) is 0 Å². The van der Waals surface area contributed by atoms with Crippen molar-refractivity contribution in [2.24, 2.45) is 0 Å². The van der Waals surface area contributed by atoms with Gasteiger partial charge in [0.05, 0.1) is 10.6 Å². The number of hydrogen-bond donors (Lipinski definition) is 0. The van der Waals surface area contributed by atoms with Crippen molar-refractivity contribution in [2.75, 3.05) is 18.4 Å². The lowest BCUT2D eigenvalue weighted by molar-refractivity contribution is 0.0764. The molecule has 1 aromatic rings. The second-order valence-electron chi connectivity index (χ2n) is 3.69. The molecule has 0 atom stereocenters. The maximum atomic E-state index is 12.3. The Kier molecular flexibility index (Phi) is 6.52. The van der Waals surface area contributed by atoms with Crippen LogP contribution in [0, 0.1) is 0 Å². The molecule has 0 saturated heterocycles. The first-order valence-electron chi connectivity index (χ1n) is 5.65. The zero-order valence-corrected chi connectivity index (χ0v) is 12.2. The van der Waals surface area contributed by atoms with Gasteiger partial charge in [0, 0.05) is 30.8 Å². The van der Waals surface area contributed by atoms with Crippen LogP contribution < -0.4 is 0 Å². The summed E-state index contributed by atoms with van der Waals surface area (Å²) < 4.78 is 0. The Bertz CT molecular complexity index is 373. The van der Waals surface area contributed by atoms with Crippen molar-refractivity contribution < 1.29 is 4.79 Å². The summed E-state index contributed by atoms with van der Waals surface area (Å²) in [5, 5.41) is 1.18. The molecule has 0 N–H and O–H groups in total. The van der Waals surface area contributed by atoms with Crippen LogP contribution in [0.4, 0.5) is 0 Å². The molecule has 0 aromatic carbocycles. The SMILES string of the molecule is CCCCN(CCBr)C(=O)c1ccncc1Cl. The second kappa shape index (κ2) is 7.67. The number of nitrogens with zero attached hydrogens (tertiary/aromatic N) is 2. The van der Waals surface area contributed by atoms with E-state index in [0.29, 0.717) is 17.1 Å². The molecule has 1 aromatic heterocycles. The largest absolute Gasteiger partial charge is 0.338 e. The highest BCUT2D eigenvalue weighted by Gasteiger charge is 2.17. The standard InChI is InChI=1S/C12H16BrClN2O/c1-2-3-7-16(8-5-13)12(17)10-4-6-15-9-11(10)14/h4,6,9H,2-3,5,7-8H2,1H3. The van der Waals surface area contributed by atoms with Crippen LogP contribution >= 0.6 is 27.5 Å². The first-order valence-corrected chi connectivity index (χ1v) is 7.15. The normalized spacial score (nSPS) is 10.3. The van der Waals surface area contributed by atoms with Gasteiger partial charge in [-0.15, -0.1) is 0 Å². The number of amides is 1. The van der Waals surface area contributed by atoms with Crippen molar-refractivity contribution in [3.63, 3.8) is 0 Å². The molecule has 0 radical (unpaired) electrons. The van der Waals surface area contributed by atoms with E-state index in [1.54, 1.807) is 12.3 Å². The Morgan fingerprint density at radius 1 is 1.53 bits per heavy atom. The fraction of sp³-hybridized carbons (Fsp3) is 0.500. The molecule has 1 rings (SSSR count). The summed E-state index contributed by atoms with van der Waals surface area (Å²) in [6.07, 6.45) is 5.16. The molecule has 1 amide bonds. The molecule has 0 bridgehead atoms. The molecule has 0 fully saturated rings. The van der Waals surface area contributed by atoms with Gasteiger partial charge >= 0.3 is 0 Å². The van der Waals surface area contributed by atoms with Crippen LogP contribution in [-0.4, -0.2) is 34.2 Å². The number of carbonyl (C=O) groups is 1. The van der Waals surface area contributed by atoms with E-state index in [1.807, 2.05) is 4.90 Å². The van der Waals surface area contributed by atoms with Crippen molar-refractivity contribution in [2.45, 2.75) is 19.8 Å². The number of aromatic nitrogens is 1. The Labute approximate surface area is 115 Å². The van der Waals surface area contributed by atoms with Gasteiger partial charge in [0.1, 0.15) is 0 Å². The fourth-order valence-corrected chi connectivity index (χ4v) is 2.11. The molecule has 0 unspecified atom stereocenters. The van der Waals surface area contributed by atoms with E-state index in [2.05, 4.69) is 27.8 Å². The second-order valence-corrected chi connectivity index (χ2v) is 4.89. The molecular weight excluding hydrogens is 304 g/mol. The average molecular weight is 320 g/mol. The van der Waals surface area contributed by atoms with E-state index in [-0.39, 0.29) is 5.91 Å². The predicted octanol–water partition coefficient (Wildman–Crippen LogP) is 3.37. The predicted molar refractivity (Wildman–Crippen MR) is 73.9 cm³/mol. The molecule has 0 aliphatic heterocycles. The summed E-state index contributed by atoms with van der Waals surface area (Å²) in [5.74, 6) is -0.0229. The quantitative estimate of drug-likeness (QED) is 0.753. The van der Waals surface area contributed by atoms with Gasteiger partial charge < -0.3 is 4.90 Å². The number of rotatable bonds is 6. The smallest absolute Gasteiger partial charge is 0.255 e. The molecule has 5 heteroatoms. The van der Waals surface area contributed by atoms with Crippen LogP contribution in [0.25, 0.3) is 0 Å². The highest BCUT2D eigenvalue weighted by Crippen LogP contribution is 2.16. The van der Waals surface area contributed by atoms with Crippen LogP contribution in [0.15, 0.2) is 18.5 Å². The molecule has 0 aliphatic rings. The minimum atomic E-state index is -0.0229. The number of alkyl halides is 1. The maximum Gasteiger partial charge on any atom is 0.255 e. The Balaban J connectivity index is 2.80. The molecule has 3 nitrogen and oxygen atoms in total. The van der Waals surface area contributed by atoms with Crippen LogP contribution in [0.5, 0.6) is 0 Å².